The van der Waals surface area contributed by atoms with Crippen molar-refractivity contribution >= 4 is 28.8 Å². The highest BCUT2D eigenvalue weighted by molar-refractivity contribution is 6.14. The molecule has 0 saturated carbocycles. The van der Waals surface area contributed by atoms with E-state index in [1.807, 2.05) is 43.5 Å². The highest BCUT2D eigenvalue weighted by atomic mass is 16.7. The Balaban J connectivity index is 1.59. The van der Waals surface area contributed by atoms with E-state index >= 15 is 0 Å². The standard InChI is InChI=1S/C21H16N4O3/c1-12-2-4-15(5-3-12)28-25-10-13-6-17-16-7-14(26)8-19(27)18(16)9-22-21(17)24-20(13)23-11-25/h2-6,9-10H,7-8,11H2,1H3. The van der Waals surface area contributed by atoms with Crippen LogP contribution in [-0.4, -0.2) is 33.3 Å². The summed E-state index contributed by atoms with van der Waals surface area (Å²) in [4.78, 5) is 43.3. The van der Waals surface area contributed by atoms with Gasteiger partial charge < -0.3 is 4.84 Å². The molecule has 7 nitrogen and oxygen atoms in total. The first-order chi connectivity index (χ1) is 13.6. The minimum absolute atomic E-state index is 0.0574. The van der Waals surface area contributed by atoms with Crippen LogP contribution in [0.15, 0.2) is 41.5 Å². The van der Waals surface area contributed by atoms with Crippen molar-refractivity contribution in [1.82, 2.24) is 15.0 Å². The van der Waals surface area contributed by atoms with Gasteiger partial charge in [-0.05, 0) is 30.7 Å². The summed E-state index contributed by atoms with van der Waals surface area (Å²) in [6.07, 6.45) is 3.51. The molecule has 28 heavy (non-hydrogen) atoms. The molecule has 0 bridgehead atoms. The average Bonchev–Trinajstić information content (AvgIpc) is 2.68. The fraction of sp³-hybridized carbons (Fsp3) is 0.190. The number of pyridine rings is 2. The lowest BCUT2D eigenvalue weighted by Crippen LogP contribution is -2.39. The molecule has 0 N–H and O–H groups in total. The van der Waals surface area contributed by atoms with Gasteiger partial charge in [-0.2, -0.15) is 5.06 Å². The number of hydrogen-bond acceptors (Lipinski definition) is 7. The molecule has 0 amide bonds. The van der Waals surface area contributed by atoms with Gasteiger partial charge in [-0.25, -0.2) is 15.0 Å². The molecule has 0 atom stereocenters. The molecule has 5 rings (SSSR count). The molecule has 1 aliphatic carbocycles. The van der Waals surface area contributed by atoms with Crippen LogP contribution in [0.2, 0.25) is 0 Å². The number of aryl methyl sites for hydroxylation is 1. The lowest BCUT2D eigenvalue weighted by atomic mass is 9.89. The zero-order chi connectivity index (χ0) is 19.3. The predicted octanol–water partition coefficient (Wildman–Crippen LogP) is 1.26. The number of rotatable bonds is 2. The Hall–Kier alpha value is -3.61. The topological polar surface area (TPSA) is 84.8 Å². The monoisotopic (exact) mass is 372 g/mol. The minimum atomic E-state index is -0.184. The second kappa shape index (κ2) is 6.23. The third-order valence-electron chi connectivity index (χ3n) is 4.90. The molecular weight excluding hydrogens is 356 g/mol. The Labute approximate surface area is 160 Å². The van der Waals surface area contributed by atoms with Crippen LogP contribution in [0, 0.1) is 6.92 Å². The first-order valence-electron chi connectivity index (χ1n) is 8.98. The first kappa shape index (κ1) is 16.6. The van der Waals surface area contributed by atoms with Crippen LogP contribution in [-0.2, 0) is 11.2 Å². The fourth-order valence-corrected chi connectivity index (χ4v) is 3.49. The van der Waals surface area contributed by atoms with Crippen LogP contribution in [0.25, 0.3) is 17.2 Å². The van der Waals surface area contributed by atoms with E-state index in [0.717, 1.165) is 10.8 Å². The molecule has 7 heteroatoms. The second-order valence-corrected chi connectivity index (χ2v) is 6.99. The molecule has 2 aliphatic rings. The third kappa shape index (κ3) is 2.81. The van der Waals surface area contributed by atoms with Crippen LogP contribution in [0.3, 0.4) is 0 Å². The van der Waals surface area contributed by atoms with Crippen molar-refractivity contribution in [3.63, 3.8) is 0 Å². The lowest BCUT2D eigenvalue weighted by molar-refractivity contribution is -0.117. The summed E-state index contributed by atoms with van der Waals surface area (Å²) in [5.74, 6) is 0.446. The minimum Gasteiger partial charge on any atom is -0.378 e. The maximum absolute atomic E-state index is 12.2. The molecule has 3 heterocycles. The van der Waals surface area contributed by atoms with Crippen molar-refractivity contribution in [3.05, 3.63) is 63.9 Å². The van der Waals surface area contributed by atoms with Crippen molar-refractivity contribution in [2.24, 2.45) is 4.99 Å². The molecule has 1 aliphatic heterocycles. The number of carbonyl (C=O) groups excluding carboxylic acids is 2. The first-order valence-corrected chi connectivity index (χ1v) is 8.98. The van der Waals surface area contributed by atoms with Gasteiger partial charge in [0, 0.05) is 28.8 Å². The molecular formula is C21H16N4O3. The van der Waals surface area contributed by atoms with Gasteiger partial charge in [0.1, 0.15) is 12.5 Å². The number of carbonyl (C=O) groups is 2. The zero-order valence-electron chi connectivity index (χ0n) is 15.2. The predicted molar refractivity (Wildman–Crippen MR) is 101 cm³/mol. The number of benzene rings is 1. The summed E-state index contributed by atoms with van der Waals surface area (Å²) in [5, 5.41) is 3.09. The number of hydroxylamine groups is 2. The molecule has 3 aromatic rings. The number of fused-ring (bicyclic) bond motifs is 4. The van der Waals surface area contributed by atoms with Crippen LogP contribution < -0.4 is 15.5 Å². The van der Waals surface area contributed by atoms with Gasteiger partial charge in [-0.3, -0.25) is 9.59 Å². The molecule has 0 saturated heterocycles. The maximum atomic E-state index is 12.2. The molecule has 0 fully saturated rings. The number of aromatic nitrogens is 2. The van der Waals surface area contributed by atoms with E-state index in [1.165, 1.54) is 6.20 Å². The van der Waals surface area contributed by atoms with Crippen LogP contribution in [0.4, 0.5) is 0 Å². The molecule has 0 radical (unpaired) electrons. The smallest absolute Gasteiger partial charge is 0.172 e. The van der Waals surface area contributed by atoms with Gasteiger partial charge >= 0.3 is 0 Å². The third-order valence-corrected chi connectivity index (χ3v) is 4.90. The van der Waals surface area contributed by atoms with Crippen molar-refractivity contribution in [1.29, 1.82) is 0 Å². The Morgan fingerprint density at radius 3 is 2.75 bits per heavy atom. The number of Topliss-reactive ketones (excluding diaryl/α,β-unsaturated/α-hetero) is 2. The second-order valence-electron chi connectivity index (χ2n) is 6.99. The summed E-state index contributed by atoms with van der Waals surface area (Å²) >= 11 is 0. The number of nitrogens with zero attached hydrogens (tertiary/aromatic N) is 4. The zero-order valence-corrected chi connectivity index (χ0v) is 15.2. The maximum Gasteiger partial charge on any atom is 0.172 e. The van der Waals surface area contributed by atoms with E-state index in [1.54, 1.807) is 5.06 Å². The quantitative estimate of drug-likeness (QED) is 0.630. The molecule has 2 aromatic heterocycles. The summed E-state index contributed by atoms with van der Waals surface area (Å²) in [6.45, 7) is 2.32. The summed E-state index contributed by atoms with van der Waals surface area (Å²) < 4.78 is 0. The summed E-state index contributed by atoms with van der Waals surface area (Å²) in [6, 6.07) is 9.63. The van der Waals surface area contributed by atoms with Gasteiger partial charge in [-0.15, -0.1) is 0 Å². The van der Waals surface area contributed by atoms with E-state index in [9.17, 15) is 9.59 Å². The lowest BCUT2D eigenvalue weighted by Gasteiger charge is -2.21. The fourth-order valence-electron chi connectivity index (χ4n) is 3.49. The summed E-state index contributed by atoms with van der Waals surface area (Å²) in [5.41, 5.74) is 3.42. The Morgan fingerprint density at radius 2 is 1.93 bits per heavy atom. The molecule has 1 aromatic carbocycles. The average molecular weight is 372 g/mol. The normalized spacial score (nSPS) is 15.5. The molecule has 0 spiro atoms. The van der Waals surface area contributed by atoms with E-state index in [0.29, 0.717) is 40.1 Å². The van der Waals surface area contributed by atoms with Gasteiger partial charge in [-0.1, -0.05) is 17.7 Å². The Morgan fingerprint density at radius 1 is 1.11 bits per heavy atom. The summed E-state index contributed by atoms with van der Waals surface area (Å²) in [7, 11) is 0. The SMILES string of the molecule is Cc1ccc(ON2C=c3cc4c5c(cnc4nc3=NC2)C(=O)CC(=O)C5)cc1. The largest absolute Gasteiger partial charge is 0.378 e. The van der Waals surface area contributed by atoms with Gasteiger partial charge in [0.05, 0.1) is 12.6 Å². The van der Waals surface area contributed by atoms with E-state index in [-0.39, 0.29) is 24.4 Å². The molecule has 0 unspecified atom stereocenters. The highest BCUT2D eigenvalue weighted by Gasteiger charge is 2.25. The molecule has 138 valence electrons. The van der Waals surface area contributed by atoms with E-state index in [4.69, 9.17) is 4.84 Å². The Bertz CT molecular complexity index is 1270. The van der Waals surface area contributed by atoms with E-state index in [2.05, 4.69) is 15.0 Å². The van der Waals surface area contributed by atoms with Crippen molar-refractivity contribution < 1.29 is 14.4 Å². The van der Waals surface area contributed by atoms with Crippen LogP contribution >= 0.6 is 0 Å². The van der Waals surface area contributed by atoms with E-state index < -0.39 is 0 Å². The van der Waals surface area contributed by atoms with Crippen LogP contribution in [0.5, 0.6) is 5.75 Å². The number of ketones is 2. The van der Waals surface area contributed by atoms with Gasteiger partial charge in [0.15, 0.2) is 22.7 Å². The van der Waals surface area contributed by atoms with Gasteiger partial charge in [0.2, 0.25) is 0 Å². The number of hydrogen-bond donors (Lipinski definition) is 0. The van der Waals surface area contributed by atoms with Crippen molar-refractivity contribution in [2.75, 3.05) is 6.67 Å². The van der Waals surface area contributed by atoms with Gasteiger partial charge in [0.25, 0.3) is 0 Å². The highest BCUT2D eigenvalue weighted by Crippen LogP contribution is 2.24. The van der Waals surface area contributed by atoms with Crippen LogP contribution in [0.1, 0.15) is 27.9 Å². The van der Waals surface area contributed by atoms with Crippen molar-refractivity contribution in [2.45, 2.75) is 19.8 Å². The Kier molecular flexibility index (Phi) is 3.68. The van der Waals surface area contributed by atoms with Crippen molar-refractivity contribution in [3.8, 4) is 5.75 Å².